The molecule has 1 aromatic carbocycles. The molecule has 0 aliphatic carbocycles. The number of rotatable bonds is 39. The van der Waals surface area contributed by atoms with E-state index >= 15 is 0 Å². The monoisotopic (exact) mass is 1040 g/mol. The zero-order valence-electron chi connectivity index (χ0n) is 37.6. The minimum atomic E-state index is -0.848. The molecule has 0 bridgehead atoms. The molecule has 1 heterocycles. The normalized spacial score (nSPS) is 14.8. The molecule has 1 fully saturated rings. The number of halogens is 1. The molecule has 3 atom stereocenters. The molecule has 22 heteroatoms. The first-order valence-corrected chi connectivity index (χ1v) is 27.0. The molecule has 2 rings (SSSR count). The second-order valence-electron chi connectivity index (χ2n) is 14.4. The number of nitrogens with zero attached hydrogens (tertiary/aromatic N) is 1. The van der Waals surface area contributed by atoms with Crippen molar-refractivity contribution in [1.29, 1.82) is 0 Å². The van der Waals surface area contributed by atoms with Gasteiger partial charge in [-0.3, -0.25) is 14.4 Å². The number of hydrogen-bond donors (Lipinski definition) is 5. The first-order valence-electron chi connectivity index (χ1n) is 21.4. The van der Waals surface area contributed by atoms with Crippen molar-refractivity contribution in [3.63, 3.8) is 0 Å². The molecule has 0 saturated carbocycles. The molecule has 0 spiro atoms. The Hall–Kier alpha value is -3.04. The third kappa shape index (κ3) is 26.2. The van der Waals surface area contributed by atoms with Crippen LogP contribution in [0.5, 0.6) is 0 Å². The number of anilines is 1. The van der Waals surface area contributed by atoms with E-state index in [-0.39, 0.29) is 100 Å². The van der Waals surface area contributed by atoms with Crippen molar-refractivity contribution in [3.05, 3.63) is 29.8 Å². The van der Waals surface area contributed by atoms with Gasteiger partial charge < -0.3 is 54.2 Å². The molecule has 1 aliphatic rings. The van der Waals surface area contributed by atoms with Crippen molar-refractivity contribution >= 4 is 50.1 Å². The van der Waals surface area contributed by atoms with Crippen LogP contribution in [0.15, 0.2) is 24.3 Å². The molecule has 1 aliphatic heterocycles. The molecule has 0 aromatic heterocycles. The van der Waals surface area contributed by atoms with Crippen molar-refractivity contribution in [2.24, 2.45) is 5.92 Å². The van der Waals surface area contributed by atoms with Crippen LogP contribution in [0.2, 0.25) is 0 Å². The van der Waals surface area contributed by atoms with E-state index in [9.17, 15) is 33.9 Å². The Labute approximate surface area is 389 Å². The summed E-state index contributed by atoms with van der Waals surface area (Å²) in [5, 5.41) is 19.7. The van der Waals surface area contributed by atoms with Gasteiger partial charge in [0.25, 0.3) is 0 Å². The molecule has 1 unspecified atom stereocenters. The number of likely N-dealkylation sites (tertiary alicyclic amines) is 1. The Bertz CT molecular complexity index is 1500. The summed E-state index contributed by atoms with van der Waals surface area (Å²) in [7, 11) is 1.56. The predicted octanol–water partition coefficient (Wildman–Crippen LogP) is -2.71. The number of nitrogens with one attached hydrogen (secondary N) is 4. The van der Waals surface area contributed by atoms with E-state index in [0.29, 0.717) is 110 Å². The Morgan fingerprint density at radius 2 is 1.17 bits per heavy atom. The summed E-state index contributed by atoms with van der Waals surface area (Å²) in [4.78, 5) is 77.6. The van der Waals surface area contributed by atoms with E-state index in [2.05, 4.69) is 21.3 Å². The van der Waals surface area contributed by atoms with Crippen LogP contribution in [0.25, 0.3) is 0 Å². The van der Waals surface area contributed by atoms with Crippen molar-refractivity contribution < 1.29 is 91.6 Å². The SMILES string of the molecule is C[I-]SC1CC(=O)N(CCC(=O)NCCOCCOCCOCCOCCOCCOCCOCCOCCC(=O)N[C@H](C(=O)N[C@@H](C)C(=O)Nc2ccc(CO)cc2)C(C)C)C1=O. The zero-order chi connectivity index (χ0) is 46.8. The average molecular weight is 1040 g/mol. The van der Waals surface area contributed by atoms with Gasteiger partial charge in [-0.2, -0.15) is 0 Å². The molecule has 64 heavy (non-hydrogen) atoms. The van der Waals surface area contributed by atoms with E-state index < -0.39 is 23.9 Å². The third-order valence-electron chi connectivity index (χ3n) is 9.03. The summed E-state index contributed by atoms with van der Waals surface area (Å²) in [5.41, 5.74) is 1.24. The summed E-state index contributed by atoms with van der Waals surface area (Å²) in [6.45, 7) is 11.5. The summed E-state index contributed by atoms with van der Waals surface area (Å²) >= 11 is -0.150. The van der Waals surface area contributed by atoms with Crippen LogP contribution in [0, 0.1) is 5.92 Å². The zero-order valence-corrected chi connectivity index (χ0v) is 40.5. The summed E-state index contributed by atoms with van der Waals surface area (Å²) in [6, 6.07) is 5.02. The van der Waals surface area contributed by atoms with Crippen LogP contribution in [0.4, 0.5) is 5.69 Å². The number of hydrogen-bond acceptors (Lipinski definition) is 16. The molecule has 1 aromatic rings. The fraction of sp³-hybridized carbons (Fsp3) is 0.714. The quantitative estimate of drug-likeness (QED) is 0.0195. The van der Waals surface area contributed by atoms with Crippen LogP contribution < -0.4 is 41.1 Å². The number of imide groups is 1. The molecule has 1 saturated heterocycles. The fourth-order valence-corrected chi connectivity index (χ4v) is 9.19. The van der Waals surface area contributed by atoms with E-state index in [1.54, 1.807) is 54.0 Å². The van der Waals surface area contributed by atoms with Gasteiger partial charge in [0.2, 0.25) is 17.7 Å². The second kappa shape index (κ2) is 36.1. The van der Waals surface area contributed by atoms with Crippen LogP contribution in [0.3, 0.4) is 0 Å². The molecular formula is C42H69IN5O15S-. The van der Waals surface area contributed by atoms with Crippen LogP contribution in [-0.4, -0.2) is 187 Å². The van der Waals surface area contributed by atoms with Gasteiger partial charge >= 0.3 is 125 Å². The molecule has 6 amide bonds. The van der Waals surface area contributed by atoms with Gasteiger partial charge in [-0.1, -0.05) is 26.0 Å². The Kier molecular flexibility index (Phi) is 32.2. The Morgan fingerprint density at radius 3 is 1.64 bits per heavy atom. The summed E-state index contributed by atoms with van der Waals surface area (Å²) in [6.07, 6.45) is 0.360. The number of benzene rings is 1. The Balaban J connectivity index is 1.30. The van der Waals surface area contributed by atoms with Gasteiger partial charge in [-0.25, -0.2) is 0 Å². The van der Waals surface area contributed by atoms with Gasteiger partial charge in [-0.05, 0) is 30.5 Å². The maximum absolute atomic E-state index is 12.9. The number of aliphatic hydroxyl groups is 1. The Morgan fingerprint density at radius 1 is 0.688 bits per heavy atom. The van der Waals surface area contributed by atoms with E-state index in [0.717, 1.165) is 0 Å². The fourth-order valence-electron chi connectivity index (χ4n) is 5.53. The van der Waals surface area contributed by atoms with Gasteiger partial charge in [-0.15, -0.1) is 0 Å². The van der Waals surface area contributed by atoms with Crippen molar-refractivity contribution in [2.45, 2.75) is 64.0 Å². The first kappa shape index (κ1) is 57.1. The number of alkyl halides is 1. The van der Waals surface area contributed by atoms with Gasteiger partial charge in [0.1, 0.15) is 12.1 Å². The number of carbonyl (C=O) groups excluding carboxylic acids is 6. The summed E-state index contributed by atoms with van der Waals surface area (Å²) < 4.78 is 43.8. The number of ether oxygens (including phenoxy) is 8. The molecular weight excluding hydrogens is 973 g/mol. The minimum absolute atomic E-state index is 0.0544. The van der Waals surface area contributed by atoms with Crippen molar-refractivity contribution in [2.75, 3.05) is 129 Å². The molecule has 0 radical (unpaired) electrons. The third-order valence-corrected chi connectivity index (χ3v) is 13.2. The molecule has 366 valence electrons. The molecule has 20 nitrogen and oxygen atoms in total. The molecule has 5 N–H and O–H groups in total. The van der Waals surface area contributed by atoms with Crippen molar-refractivity contribution in [3.8, 4) is 0 Å². The van der Waals surface area contributed by atoms with Crippen molar-refractivity contribution in [1.82, 2.24) is 20.9 Å². The van der Waals surface area contributed by atoms with Gasteiger partial charge in [0, 0.05) is 12.1 Å². The average Bonchev–Trinajstić information content (AvgIpc) is 3.54. The summed E-state index contributed by atoms with van der Waals surface area (Å²) in [5.74, 6) is -2.07. The van der Waals surface area contributed by atoms with Gasteiger partial charge in [0.05, 0.1) is 99.1 Å². The number of carbonyl (C=O) groups is 6. The van der Waals surface area contributed by atoms with E-state index in [1.807, 2.05) is 4.93 Å². The van der Waals surface area contributed by atoms with Crippen LogP contribution in [-0.2, 0) is 73.3 Å². The predicted molar refractivity (Wildman–Crippen MR) is 233 cm³/mol. The van der Waals surface area contributed by atoms with E-state index in [4.69, 9.17) is 37.9 Å². The van der Waals surface area contributed by atoms with E-state index in [1.165, 1.54) is 4.90 Å². The maximum atomic E-state index is 12.9. The first-order chi connectivity index (χ1) is 31.0. The number of aliphatic hydroxyl groups excluding tert-OH is 1. The van der Waals surface area contributed by atoms with Gasteiger partial charge in [0.15, 0.2) is 0 Å². The van der Waals surface area contributed by atoms with Crippen LogP contribution >= 0.6 is 8.93 Å². The second-order valence-corrected chi connectivity index (χ2v) is 19.7. The topological polar surface area (TPSA) is 248 Å². The standard InChI is InChI=1S/C42H69IN5O15S/c1-31(2)39(41(54)45-32(3)40(53)46-34-7-5-33(30-49)6-8-34)47-37(51)10-13-56-15-17-58-19-21-60-23-25-62-27-28-63-26-24-61-22-20-59-18-16-57-14-11-44-36(50)9-12-48-38(52)29-35(42(48)55)64-43-4/h5-8,31-32,35,39,49H,9-30H2,1-4H3,(H,44,50)(H,45,54)(H,46,53)(H,47,51)/q-1/t32-,35?,39-/m0/s1. The number of amides is 6. The van der Waals surface area contributed by atoms with Crippen LogP contribution in [0.1, 0.15) is 45.6 Å².